The summed E-state index contributed by atoms with van der Waals surface area (Å²) in [4.78, 5) is 16.3. The molecule has 1 heterocycles. The van der Waals surface area contributed by atoms with Crippen LogP contribution in [0.4, 0.5) is 5.69 Å². The molecule has 2 aromatic rings. The number of aromatic nitrogens is 1. The van der Waals surface area contributed by atoms with Gasteiger partial charge in [-0.25, -0.2) is 4.98 Å². The zero-order valence-corrected chi connectivity index (χ0v) is 11.1. The van der Waals surface area contributed by atoms with Crippen molar-refractivity contribution in [2.24, 2.45) is 0 Å². The molecule has 1 N–H and O–H groups in total. The number of carbonyl (C=O) groups is 1. The second-order valence-corrected chi connectivity index (χ2v) is 3.97. The molecule has 0 spiro atoms. The average molecular weight is 266 g/mol. The summed E-state index contributed by atoms with van der Waals surface area (Å²) in [7, 11) is 0. The maximum atomic E-state index is 12.2. The molecule has 1 amide bonds. The van der Waals surface area contributed by atoms with Crippen LogP contribution < -0.4 is 10.1 Å². The minimum Gasteiger partial charge on any atom is -0.477 e. The molecular formula is C16H14N2O2. The second-order valence-electron chi connectivity index (χ2n) is 3.97. The van der Waals surface area contributed by atoms with Crippen molar-refractivity contribution >= 4 is 11.6 Å². The van der Waals surface area contributed by atoms with Crippen LogP contribution in [0.3, 0.4) is 0 Å². The van der Waals surface area contributed by atoms with Gasteiger partial charge in [0.25, 0.3) is 5.91 Å². The van der Waals surface area contributed by atoms with Gasteiger partial charge in [-0.2, -0.15) is 0 Å². The summed E-state index contributed by atoms with van der Waals surface area (Å²) in [5.41, 5.74) is 1.73. The number of anilines is 1. The third-order valence-electron chi connectivity index (χ3n) is 2.58. The van der Waals surface area contributed by atoms with Crippen LogP contribution in [0.1, 0.15) is 22.8 Å². The van der Waals surface area contributed by atoms with Gasteiger partial charge in [-0.1, -0.05) is 12.0 Å². The topological polar surface area (TPSA) is 51.2 Å². The molecule has 0 bridgehead atoms. The van der Waals surface area contributed by atoms with Gasteiger partial charge in [0.05, 0.1) is 6.61 Å². The minimum atomic E-state index is -0.282. The quantitative estimate of drug-likeness (QED) is 0.866. The summed E-state index contributed by atoms with van der Waals surface area (Å²) in [6.07, 6.45) is 6.92. The molecule has 100 valence electrons. The van der Waals surface area contributed by atoms with Gasteiger partial charge in [-0.15, -0.1) is 6.42 Å². The van der Waals surface area contributed by atoms with Gasteiger partial charge in [0.2, 0.25) is 5.88 Å². The zero-order valence-electron chi connectivity index (χ0n) is 11.1. The maximum Gasteiger partial charge on any atom is 0.261 e. The average Bonchev–Trinajstić information content (AvgIpc) is 2.48. The summed E-state index contributed by atoms with van der Waals surface area (Å²) in [6.45, 7) is 2.29. The standard InChI is InChI=1S/C16H14N2O2/c1-3-12-7-5-8-13(11-12)18-15(19)14-9-6-10-17-16(14)20-4-2/h1,5-11H,4H2,2H3,(H,18,19). The fourth-order valence-corrected chi connectivity index (χ4v) is 1.70. The first kappa shape index (κ1) is 13.6. The van der Waals surface area contributed by atoms with Gasteiger partial charge in [0.1, 0.15) is 5.56 Å². The zero-order chi connectivity index (χ0) is 14.4. The lowest BCUT2D eigenvalue weighted by atomic mass is 10.2. The molecule has 1 aromatic carbocycles. The number of nitrogens with one attached hydrogen (secondary N) is 1. The molecule has 0 radical (unpaired) electrons. The van der Waals surface area contributed by atoms with Gasteiger partial charge in [0, 0.05) is 17.4 Å². The van der Waals surface area contributed by atoms with Crippen molar-refractivity contribution in [2.45, 2.75) is 6.92 Å². The van der Waals surface area contributed by atoms with Crippen molar-refractivity contribution in [1.82, 2.24) is 4.98 Å². The molecular weight excluding hydrogens is 252 g/mol. The maximum absolute atomic E-state index is 12.2. The van der Waals surface area contributed by atoms with Crippen LogP contribution in [0, 0.1) is 12.3 Å². The molecule has 0 saturated carbocycles. The summed E-state index contributed by atoms with van der Waals surface area (Å²) in [5, 5.41) is 2.78. The van der Waals surface area contributed by atoms with E-state index in [2.05, 4.69) is 16.2 Å². The summed E-state index contributed by atoms with van der Waals surface area (Å²) in [6, 6.07) is 10.4. The van der Waals surface area contributed by atoms with Crippen LogP contribution in [0.15, 0.2) is 42.6 Å². The first-order chi connectivity index (χ1) is 9.74. The number of benzene rings is 1. The lowest BCUT2D eigenvalue weighted by Gasteiger charge is -2.09. The molecule has 0 aliphatic heterocycles. The van der Waals surface area contributed by atoms with E-state index in [1.54, 1.807) is 42.6 Å². The van der Waals surface area contributed by atoms with Crippen LogP contribution in [0.2, 0.25) is 0 Å². The highest BCUT2D eigenvalue weighted by molar-refractivity contribution is 6.05. The van der Waals surface area contributed by atoms with E-state index in [9.17, 15) is 4.79 Å². The third kappa shape index (κ3) is 3.15. The molecule has 0 aliphatic carbocycles. The number of rotatable bonds is 4. The predicted octanol–water partition coefficient (Wildman–Crippen LogP) is 2.71. The number of hydrogen-bond donors (Lipinski definition) is 1. The number of amides is 1. The van der Waals surface area contributed by atoms with E-state index in [1.807, 2.05) is 6.92 Å². The Morgan fingerprint density at radius 1 is 1.40 bits per heavy atom. The SMILES string of the molecule is C#Cc1cccc(NC(=O)c2cccnc2OCC)c1. The second kappa shape index (κ2) is 6.39. The Morgan fingerprint density at radius 3 is 3.00 bits per heavy atom. The van der Waals surface area contributed by atoms with Crippen LogP contribution in [-0.4, -0.2) is 17.5 Å². The Labute approximate surface area is 117 Å². The molecule has 4 nitrogen and oxygen atoms in total. The predicted molar refractivity (Wildman–Crippen MR) is 77.7 cm³/mol. The van der Waals surface area contributed by atoms with Crippen LogP contribution >= 0.6 is 0 Å². The molecule has 0 aliphatic rings. The number of carbonyl (C=O) groups excluding carboxylic acids is 1. The largest absolute Gasteiger partial charge is 0.477 e. The summed E-state index contributed by atoms with van der Waals surface area (Å²) < 4.78 is 5.34. The fourth-order valence-electron chi connectivity index (χ4n) is 1.70. The number of pyridine rings is 1. The number of nitrogens with zero attached hydrogens (tertiary/aromatic N) is 1. The highest BCUT2D eigenvalue weighted by atomic mass is 16.5. The molecule has 20 heavy (non-hydrogen) atoms. The van der Waals surface area contributed by atoms with E-state index in [1.165, 1.54) is 0 Å². The van der Waals surface area contributed by atoms with E-state index in [0.717, 1.165) is 0 Å². The highest BCUT2D eigenvalue weighted by Crippen LogP contribution is 2.17. The van der Waals surface area contributed by atoms with Crippen LogP contribution in [0.5, 0.6) is 5.88 Å². The van der Waals surface area contributed by atoms with Crippen molar-refractivity contribution in [3.05, 3.63) is 53.7 Å². The molecule has 4 heteroatoms. The van der Waals surface area contributed by atoms with E-state index < -0.39 is 0 Å². The summed E-state index contributed by atoms with van der Waals surface area (Å²) in [5.74, 6) is 2.56. The summed E-state index contributed by atoms with van der Waals surface area (Å²) >= 11 is 0. The highest BCUT2D eigenvalue weighted by Gasteiger charge is 2.13. The van der Waals surface area contributed by atoms with Gasteiger partial charge >= 0.3 is 0 Å². The smallest absolute Gasteiger partial charge is 0.261 e. The lowest BCUT2D eigenvalue weighted by molar-refractivity contribution is 0.102. The van der Waals surface area contributed by atoms with Crippen LogP contribution in [0.25, 0.3) is 0 Å². The van der Waals surface area contributed by atoms with Gasteiger partial charge in [-0.05, 0) is 37.3 Å². The number of terminal acetylenes is 1. The first-order valence-corrected chi connectivity index (χ1v) is 6.20. The molecule has 2 rings (SSSR count). The van der Waals surface area contributed by atoms with E-state index >= 15 is 0 Å². The monoisotopic (exact) mass is 266 g/mol. The first-order valence-electron chi connectivity index (χ1n) is 6.20. The molecule has 0 atom stereocenters. The Kier molecular flexibility index (Phi) is 4.35. The van der Waals surface area contributed by atoms with Crippen molar-refractivity contribution in [1.29, 1.82) is 0 Å². The van der Waals surface area contributed by atoms with E-state index in [-0.39, 0.29) is 5.91 Å². The minimum absolute atomic E-state index is 0.282. The van der Waals surface area contributed by atoms with Crippen molar-refractivity contribution in [2.75, 3.05) is 11.9 Å². The molecule has 0 fully saturated rings. The Bertz CT molecular complexity index is 660. The van der Waals surface area contributed by atoms with Crippen LogP contribution in [-0.2, 0) is 0 Å². The fraction of sp³-hybridized carbons (Fsp3) is 0.125. The van der Waals surface area contributed by atoms with E-state index in [0.29, 0.717) is 29.3 Å². The number of ether oxygens (including phenoxy) is 1. The normalized spacial score (nSPS) is 9.60. The molecule has 0 unspecified atom stereocenters. The third-order valence-corrected chi connectivity index (χ3v) is 2.58. The van der Waals surface area contributed by atoms with Crippen molar-refractivity contribution in [3.8, 4) is 18.2 Å². The van der Waals surface area contributed by atoms with Gasteiger partial charge < -0.3 is 10.1 Å². The molecule has 1 aromatic heterocycles. The molecule has 0 saturated heterocycles. The van der Waals surface area contributed by atoms with Crippen molar-refractivity contribution < 1.29 is 9.53 Å². The van der Waals surface area contributed by atoms with Gasteiger partial charge in [0.15, 0.2) is 0 Å². The Hall–Kier alpha value is -2.80. The van der Waals surface area contributed by atoms with E-state index in [4.69, 9.17) is 11.2 Å². The Morgan fingerprint density at radius 2 is 2.25 bits per heavy atom. The lowest BCUT2D eigenvalue weighted by Crippen LogP contribution is -2.14. The van der Waals surface area contributed by atoms with Crippen molar-refractivity contribution in [3.63, 3.8) is 0 Å². The Balaban J connectivity index is 2.22. The van der Waals surface area contributed by atoms with Gasteiger partial charge in [-0.3, -0.25) is 4.79 Å². The number of hydrogen-bond acceptors (Lipinski definition) is 3.